The number of benzene rings is 2. The Morgan fingerprint density at radius 3 is 2.50 bits per heavy atom. The Balaban J connectivity index is 2.10. The molecular weight excluding hydrogens is 372 g/mol. The van der Waals surface area contributed by atoms with E-state index in [9.17, 15) is 4.79 Å². The van der Waals surface area contributed by atoms with Gasteiger partial charge in [-0.2, -0.15) is 0 Å². The van der Waals surface area contributed by atoms with Crippen LogP contribution in [0.15, 0.2) is 53.7 Å². The molecule has 0 fully saturated rings. The maximum atomic E-state index is 11.1. The summed E-state index contributed by atoms with van der Waals surface area (Å²) in [5.41, 5.74) is 8.46. The fraction of sp³-hybridized carbons (Fsp3) is 0.286. The number of amides is 1. The van der Waals surface area contributed by atoms with Crippen LogP contribution in [0.5, 0.6) is 5.75 Å². The van der Waals surface area contributed by atoms with Crippen LogP contribution in [-0.2, 0) is 4.79 Å². The minimum absolute atomic E-state index is 0.293. The second-order valence-corrected chi connectivity index (χ2v) is 7.71. The number of carbonyl (C=O) groups is 1. The van der Waals surface area contributed by atoms with E-state index in [1.165, 1.54) is 17.3 Å². The van der Waals surface area contributed by atoms with Gasteiger partial charge in [0.05, 0.1) is 12.8 Å². The van der Waals surface area contributed by atoms with Crippen molar-refractivity contribution >= 4 is 17.7 Å². The second kappa shape index (κ2) is 8.93. The molecule has 146 valence electrons. The molecule has 1 aromatic heterocycles. The van der Waals surface area contributed by atoms with Gasteiger partial charge < -0.3 is 10.5 Å². The molecule has 0 spiro atoms. The summed E-state index contributed by atoms with van der Waals surface area (Å²) in [6, 6.07) is 16.0. The van der Waals surface area contributed by atoms with Crippen LogP contribution >= 0.6 is 11.8 Å². The molecule has 3 aromatic rings. The molecule has 1 amide bonds. The Morgan fingerprint density at radius 1 is 1.14 bits per heavy atom. The first-order valence-corrected chi connectivity index (χ1v) is 10.1. The number of ether oxygens (including phenoxy) is 1. The summed E-state index contributed by atoms with van der Waals surface area (Å²) in [6.45, 7) is 4.33. The third-order valence-electron chi connectivity index (χ3n) is 4.36. The molecule has 0 atom stereocenters. The van der Waals surface area contributed by atoms with Crippen molar-refractivity contribution in [3.05, 3.63) is 54.1 Å². The fourth-order valence-electron chi connectivity index (χ4n) is 2.93. The van der Waals surface area contributed by atoms with E-state index in [1.54, 1.807) is 7.11 Å². The average Bonchev–Trinajstić information content (AvgIpc) is 3.11. The number of thioether (sulfide) groups is 1. The first kappa shape index (κ1) is 19.9. The number of carbonyl (C=O) groups excluding carboxylic acids is 1. The average molecular weight is 397 g/mol. The van der Waals surface area contributed by atoms with Crippen molar-refractivity contribution in [3.8, 4) is 22.8 Å². The monoisotopic (exact) mass is 396 g/mol. The molecule has 0 aliphatic heterocycles. The molecule has 0 saturated heterocycles. The van der Waals surface area contributed by atoms with E-state index in [0.717, 1.165) is 28.0 Å². The van der Waals surface area contributed by atoms with Crippen LogP contribution in [-0.4, -0.2) is 33.5 Å². The largest absolute Gasteiger partial charge is 0.497 e. The van der Waals surface area contributed by atoms with Gasteiger partial charge in [-0.15, -0.1) is 10.2 Å². The lowest BCUT2D eigenvalue weighted by Crippen LogP contribution is -2.11. The Labute approximate surface area is 169 Å². The van der Waals surface area contributed by atoms with Gasteiger partial charge in [-0.1, -0.05) is 43.8 Å². The standard InChI is InChI=1S/C21H24N4O2S/c1-14(2)17-6-4-5-7-18(17)25-20(15-8-10-16(27-3)11-9-15)23-24-21(25)28-13-12-19(22)26/h4-11,14H,12-13H2,1-3H3,(H2,22,26). The minimum Gasteiger partial charge on any atom is -0.497 e. The molecular formula is C21H24N4O2S. The normalized spacial score (nSPS) is 11.0. The highest BCUT2D eigenvalue weighted by Crippen LogP contribution is 2.32. The maximum absolute atomic E-state index is 11.1. The fourth-order valence-corrected chi connectivity index (χ4v) is 3.83. The molecule has 0 radical (unpaired) electrons. The first-order chi connectivity index (χ1) is 13.5. The number of hydrogen-bond donors (Lipinski definition) is 1. The zero-order chi connectivity index (χ0) is 20.1. The van der Waals surface area contributed by atoms with Crippen molar-refractivity contribution in [2.24, 2.45) is 5.73 Å². The SMILES string of the molecule is COc1ccc(-c2nnc(SCCC(N)=O)n2-c2ccccc2C(C)C)cc1. The molecule has 0 saturated carbocycles. The van der Waals surface area contributed by atoms with Gasteiger partial charge in [0.25, 0.3) is 0 Å². The number of hydrogen-bond acceptors (Lipinski definition) is 5. The van der Waals surface area contributed by atoms with Crippen LogP contribution in [0.25, 0.3) is 17.1 Å². The van der Waals surface area contributed by atoms with Crippen LogP contribution in [0.2, 0.25) is 0 Å². The first-order valence-electron chi connectivity index (χ1n) is 9.11. The van der Waals surface area contributed by atoms with Gasteiger partial charge >= 0.3 is 0 Å². The molecule has 28 heavy (non-hydrogen) atoms. The van der Waals surface area contributed by atoms with E-state index in [1.807, 2.05) is 36.4 Å². The predicted molar refractivity (Wildman–Crippen MR) is 112 cm³/mol. The molecule has 0 aliphatic rings. The van der Waals surface area contributed by atoms with Crippen molar-refractivity contribution < 1.29 is 9.53 Å². The van der Waals surface area contributed by atoms with Crippen molar-refractivity contribution in [1.82, 2.24) is 14.8 Å². The third-order valence-corrected chi connectivity index (χ3v) is 5.29. The van der Waals surface area contributed by atoms with Gasteiger partial charge in [-0.3, -0.25) is 9.36 Å². The summed E-state index contributed by atoms with van der Waals surface area (Å²) in [5, 5.41) is 9.59. The molecule has 3 rings (SSSR count). The van der Waals surface area contributed by atoms with Crippen molar-refractivity contribution in [2.45, 2.75) is 31.3 Å². The topological polar surface area (TPSA) is 83.0 Å². The number of nitrogens with two attached hydrogens (primary N) is 1. The van der Waals surface area contributed by atoms with Gasteiger partial charge in [0.15, 0.2) is 11.0 Å². The molecule has 6 nitrogen and oxygen atoms in total. The van der Waals surface area contributed by atoms with Crippen LogP contribution in [0.4, 0.5) is 0 Å². The second-order valence-electron chi connectivity index (χ2n) is 6.65. The van der Waals surface area contributed by atoms with Crippen LogP contribution < -0.4 is 10.5 Å². The number of rotatable bonds is 8. The lowest BCUT2D eigenvalue weighted by Gasteiger charge is -2.17. The van der Waals surface area contributed by atoms with Gasteiger partial charge in [0.2, 0.25) is 5.91 Å². The molecule has 1 heterocycles. The quantitative estimate of drug-likeness (QED) is 0.581. The Hall–Kier alpha value is -2.80. The lowest BCUT2D eigenvalue weighted by molar-refractivity contribution is -0.117. The smallest absolute Gasteiger partial charge is 0.218 e. The number of para-hydroxylation sites is 1. The van der Waals surface area contributed by atoms with E-state index in [2.05, 4.69) is 40.7 Å². The summed E-state index contributed by atoms with van der Waals surface area (Å²) in [5.74, 6) is 2.10. The van der Waals surface area contributed by atoms with Crippen molar-refractivity contribution in [3.63, 3.8) is 0 Å². The zero-order valence-corrected chi connectivity index (χ0v) is 17.1. The number of aromatic nitrogens is 3. The predicted octanol–water partition coefficient (Wildman–Crippen LogP) is 4.03. The van der Waals surface area contributed by atoms with Crippen LogP contribution in [0, 0.1) is 0 Å². The zero-order valence-electron chi connectivity index (χ0n) is 16.3. The van der Waals surface area contributed by atoms with Crippen LogP contribution in [0.3, 0.4) is 0 Å². The minimum atomic E-state index is -0.323. The summed E-state index contributed by atoms with van der Waals surface area (Å²) >= 11 is 1.48. The number of primary amides is 1. The highest BCUT2D eigenvalue weighted by atomic mass is 32.2. The molecule has 0 unspecified atom stereocenters. The van der Waals surface area contributed by atoms with Crippen molar-refractivity contribution in [1.29, 1.82) is 0 Å². The van der Waals surface area contributed by atoms with Crippen molar-refractivity contribution in [2.75, 3.05) is 12.9 Å². The van der Waals surface area contributed by atoms with Gasteiger partial charge in [0.1, 0.15) is 5.75 Å². The number of methoxy groups -OCH3 is 1. The maximum Gasteiger partial charge on any atom is 0.218 e. The summed E-state index contributed by atoms with van der Waals surface area (Å²) in [6.07, 6.45) is 0.293. The van der Waals surface area contributed by atoms with Crippen LogP contribution in [0.1, 0.15) is 31.7 Å². The molecule has 7 heteroatoms. The summed E-state index contributed by atoms with van der Waals surface area (Å²) in [7, 11) is 1.64. The van der Waals surface area contributed by atoms with E-state index in [0.29, 0.717) is 18.1 Å². The van der Waals surface area contributed by atoms with Gasteiger partial charge in [-0.25, -0.2) is 0 Å². The molecule has 0 bridgehead atoms. The summed E-state index contributed by atoms with van der Waals surface area (Å²) in [4.78, 5) is 11.1. The Bertz CT molecular complexity index is 951. The molecule has 0 aliphatic carbocycles. The van der Waals surface area contributed by atoms with Gasteiger partial charge in [0, 0.05) is 17.7 Å². The molecule has 2 N–H and O–H groups in total. The third kappa shape index (κ3) is 4.36. The summed E-state index contributed by atoms with van der Waals surface area (Å²) < 4.78 is 7.32. The van der Waals surface area contributed by atoms with E-state index >= 15 is 0 Å². The van der Waals surface area contributed by atoms with E-state index in [4.69, 9.17) is 10.5 Å². The van der Waals surface area contributed by atoms with Gasteiger partial charge in [-0.05, 0) is 41.8 Å². The molecule has 2 aromatic carbocycles. The van der Waals surface area contributed by atoms with E-state index in [-0.39, 0.29) is 5.91 Å². The van der Waals surface area contributed by atoms with E-state index < -0.39 is 0 Å². The highest BCUT2D eigenvalue weighted by molar-refractivity contribution is 7.99. The Morgan fingerprint density at radius 2 is 1.86 bits per heavy atom. The lowest BCUT2D eigenvalue weighted by atomic mass is 10.0. The Kier molecular flexibility index (Phi) is 6.36. The number of nitrogens with zero attached hydrogens (tertiary/aromatic N) is 3. The highest BCUT2D eigenvalue weighted by Gasteiger charge is 2.19.